The van der Waals surface area contributed by atoms with E-state index in [4.69, 9.17) is 15.1 Å². The molecule has 0 atom stereocenters. The van der Waals surface area contributed by atoms with Gasteiger partial charge in [0.25, 0.3) is 0 Å². The van der Waals surface area contributed by atoms with E-state index >= 15 is 0 Å². The summed E-state index contributed by atoms with van der Waals surface area (Å²) in [6, 6.07) is 6.09. The second-order valence-electron chi connectivity index (χ2n) is 6.24. The first-order valence-corrected chi connectivity index (χ1v) is 9.33. The zero-order chi connectivity index (χ0) is 17.2. The summed E-state index contributed by atoms with van der Waals surface area (Å²) in [5.41, 5.74) is 0.940. The lowest BCUT2D eigenvalue weighted by Gasteiger charge is -2.35. The Morgan fingerprint density at radius 1 is 1.20 bits per heavy atom. The second kappa shape index (κ2) is 7.03. The first kappa shape index (κ1) is 16.4. The molecule has 3 aromatic rings. The van der Waals surface area contributed by atoms with Crippen molar-refractivity contribution in [2.75, 3.05) is 44.2 Å². The summed E-state index contributed by atoms with van der Waals surface area (Å²) >= 11 is 1.71. The van der Waals surface area contributed by atoms with E-state index in [1.54, 1.807) is 17.5 Å². The molecule has 1 N–H and O–H groups in total. The SMILES string of the molecule is Cc1cc2c(N3CCN(CCO)CC3)nc(-c3cccnc3)nc2s1. The van der Waals surface area contributed by atoms with Crippen LogP contribution in [0.25, 0.3) is 21.6 Å². The molecule has 0 spiro atoms. The van der Waals surface area contributed by atoms with Crippen molar-refractivity contribution in [2.24, 2.45) is 0 Å². The van der Waals surface area contributed by atoms with E-state index in [0.29, 0.717) is 0 Å². The average Bonchev–Trinajstić information content (AvgIpc) is 3.03. The number of nitrogens with zero attached hydrogens (tertiary/aromatic N) is 5. The molecule has 1 saturated heterocycles. The van der Waals surface area contributed by atoms with Gasteiger partial charge in [0, 0.05) is 55.6 Å². The van der Waals surface area contributed by atoms with Crippen LogP contribution < -0.4 is 4.90 Å². The largest absolute Gasteiger partial charge is 0.395 e. The molecule has 0 unspecified atom stereocenters. The van der Waals surface area contributed by atoms with E-state index in [2.05, 4.69) is 27.8 Å². The fourth-order valence-corrected chi connectivity index (χ4v) is 4.09. The van der Waals surface area contributed by atoms with Gasteiger partial charge in [-0.15, -0.1) is 11.3 Å². The van der Waals surface area contributed by atoms with Crippen LogP contribution in [-0.4, -0.2) is 64.3 Å². The van der Waals surface area contributed by atoms with Crippen LogP contribution in [0.4, 0.5) is 5.82 Å². The minimum Gasteiger partial charge on any atom is -0.395 e. The van der Waals surface area contributed by atoms with Crippen molar-refractivity contribution in [3.05, 3.63) is 35.5 Å². The number of hydrogen-bond donors (Lipinski definition) is 1. The van der Waals surface area contributed by atoms with Gasteiger partial charge in [0.05, 0.1) is 12.0 Å². The Balaban J connectivity index is 1.72. The highest BCUT2D eigenvalue weighted by Crippen LogP contribution is 2.33. The Bertz CT molecular complexity index is 859. The number of piperazine rings is 1. The Morgan fingerprint density at radius 2 is 2.04 bits per heavy atom. The Kier molecular flexibility index (Phi) is 4.61. The fourth-order valence-electron chi connectivity index (χ4n) is 3.22. The minimum atomic E-state index is 0.215. The summed E-state index contributed by atoms with van der Waals surface area (Å²) in [4.78, 5) is 20.7. The fraction of sp³-hybridized carbons (Fsp3) is 0.389. The molecule has 0 aromatic carbocycles. The Hall–Kier alpha value is -2.09. The number of fused-ring (bicyclic) bond motifs is 1. The lowest BCUT2D eigenvalue weighted by Crippen LogP contribution is -2.47. The topological polar surface area (TPSA) is 65.4 Å². The zero-order valence-corrected chi connectivity index (χ0v) is 15.0. The van der Waals surface area contributed by atoms with Gasteiger partial charge in [-0.05, 0) is 25.1 Å². The van der Waals surface area contributed by atoms with Crippen molar-refractivity contribution < 1.29 is 5.11 Å². The van der Waals surface area contributed by atoms with Crippen LogP contribution in [0.3, 0.4) is 0 Å². The number of hydrogen-bond acceptors (Lipinski definition) is 7. The molecule has 1 fully saturated rings. The lowest BCUT2D eigenvalue weighted by atomic mass is 10.2. The molecule has 6 nitrogen and oxygen atoms in total. The van der Waals surface area contributed by atoms with E-state index in [1.807, 2.05) is 18.3 Å². The average molecular weight is 355 g/mol. The highest BCUT2D eigenvalue weighted by molar-refractivity contribution is 7.18. The molecule has 0 saturated carbocycles. The van der Waals surface area contributed by atoms with Gasteiger partial charge in [-0.2, -0.15) is 0 Å². The molecular formula is C18H21N5OS. The van der Waals surface area contributed by atoms with Crippen molar-refractivity contribution in [2.45, 2.75) is 6.92 Å². The predicted molar refractivity (Wildman–Crippen MR) is 101 cm³/mol. The first-order valence-electron chi connectivity index (χ1n) is 8.51. The second-order valence-corrected chi connectivity index (χ2v) is 7.48. The number of anilines is 1. The number of rotatable bonds is 4. The molecule has 3 aromatic heterocycles. The molecule has 1 aliphatic heterocycles. The highest BCUT2D eigenvalue weighted by Gasteiger charge is 2.21. The molecule has 0 bridgehead atoms. The van der Waals surface area contributed by atoms with E-state index in [-0.39, 0.29) is 6.61 Å². The van der Waals surface area contributed by atoms with E-state index in [9.17, 15) is 0 Å². The Labute approximate surface area is 150 Å². The molecule has 0 amide bonds. The number of aromatic nitrogens is 3. The van der Waals surface area contributed by atoms with Gasteiger partial charge in [0.1, 0.15) is 10.6 Å². The summed E-state index contributed by atoms with van der Waals surface area (Å²) in [6.07, 6.45) is 3.57. The van der Waals surface area contributed by atoms with Crippen molar-refractivity contribution in [3.8, 4) is 11.4 Å². The van der Waals surface area contributed by atoms with Gasteiger partial charge in [-0.1, -0.05) is 0 Å². The third-order valence-corrected chi connectivity index (χ3v) is 5.45. The third kappa shape index (κ3) is 3.35. The number of aliphatic hydroxyl groups is 1. The molecule has 25 heavy (non-hydrogen) atoms. The summed E-state index contributed by atoms with van der Waals surface area (Å²) in [7, 11) is 0. The van der Waals surface area contributed by atoms with Crippen LogP contribution in [0, 0.1) is 6.92 Å². The molecular weight excluding hydrogens is 334 g/mol. The van der Waals surface area contributed by atoms with Crippen LogP contribution in [0.2, 0.25) is 0 Å². The molecule has 1 aliphatic rings. The highest BCUT2D eigenvalue weighted by atomic mass is 32.1. The number of aryl methyl sites for hydroxylation is 1. The van der Waals surface area contributed by atoms with E-state index in [1.165, 1.54) is 4.88 Å². The van der Waals surface area contributed by atoms with Crippen LogP contribution >= 0.6 is 11.3 Å². The molecule has 4 heterocycles. The summed E-state index contributed by atoms with van der Waals surface area (Å²) < 4.78 is 0. The summed E-state index contributed by atoms with van der Waals surface area (Å²) in [6.45, 7) is 6.77. The smallest absolute Gasteiger partial charge is 0.164 e. The summed E-state index contributed by atoms with van der Waals surface area (Å²) in [5.74, 6) is 1.74. The minimum absolute atomic E-state index is 0.215. The maximum absolute atomic E-state index is 9.13. The van der Waals surface area contributed by atoms with Gasteiger partial charge < -0.3 is 10.0 Å². The van der Waals surface area contributed by atoms with Crippen LogP contribution in [0.15, 0.2) is 30.6 Å². The quantitative estimate of drug-likeness (QED) is 0.774. The molecule has 4 rings (SSSR count). The van der Waals surface area contributed by atoms with E-state index < -0.39 is 0 Å². The molecule has 130 valence electrons. The number of β-amino-alcohol motifs (C(OH)–C–C–N with tert-alkyl or cyclic N) is 1. The zero-order valence-electron chi connectivity index (χ0n) is 14.2. The van der Waals surface area contributed by atoms with Crippen molar-refractivity contribution >= 4 is 27.4 Å². The maximum Gasteiger partial charge on any atom is 0.164 e. The van der Waals surface area contributed by atoms with Crippen molar-refractivity contribution in [1.82, 2.24) is 19.9 Å². The van der Waals surface area contributed by atoms with Gasteiger partial charge in [0.15, 0.2) is 5.82 Å². The van der Waals surface area contributed by atoms with Crippen LogP contribution in [-0.2, 0) is 0 Å². The van der Waals surface area contributed by atoms with Gasteiger partial charge >= 0.3 is 0 Å². The van der Waals surface area contributed by atoms with Crippen molar-refractivity contribution in [1.29, 1.82) is 0 Å². The molecule has 0 aliphatic carbocycles. The number of aliphatic hydroxyl groups excluding tert-OH is 1. The first-order chi connectivity index (χ1) is 12.2. The standard InChI is InChI=1S/C18H21N5OS/c1-13-11-15-17(23-7-5-22(6-8-23)9-10-24)20-16(21-18(15)25-13)14-3-2-4-19-12-14/h2-4,11-12,24H,5-10H2,1H3. The third-order valence-electron chi connectivity index (χ3n) is 4.50. The van der Waals surface area contributed by atoms with Gasteiger partial charge in [-0.3, -0.25) is 9.88 Å². The maximum atomic E-state index is 9.13. The molecule has 0 radical (unpaired) electrons. The van der Waals surface area contributed by atoms with Crippen LogP contribution in [0.5, 0.6) is 0 Å². The molecule has 7 heteroatoms. The predicted octanol–water partition coefficient (Wildman–Crippen LogP) is 2.18. The van der Waals surface area contributed by atoms with E-state index in [0.717, 1.165) is 60.1 Å². The van der Waals surface area contributed by atoms with Gasteiger partial charge in [0.2, 0.25) is 0 Å². The Morgan fingerprint density at radius 3 is 2.76 bits per heavy atom. The number of pyridine rings is 1. The van der Waals surface area contributed by atoms with Crippen LogP contribution in [0.1, 0.15) is 4.88 Å². The lowest BCUT2D eigenvalue weighted by molar-refractivity contribution is 0.188. The number of thiophene rings is 1. The van der Waals surface area contributed by atoms with Crippen molar-refractivity contribution in [3.63, 3.8) is 0 Å². The normalized spacial score (nSPS) is 15.8. The monoisotopic (exact) mass is 355 g/mol. The van der Waals surface area contributed by atoms with Gasteiger partial charge in [-0.25, -0.2) is 9.97 Å². The summed E-state index contributed by atoms with van der Waals surface area (Å²) in [5, 5.41) is 10.3.